The van der Waals surface area contributed by atoms with E-state index in [4.69, 9.17) is 0 Å². The highest BCUT2D eigenvalue weighted by Crippen LogP contribution is 2.34. The summed E-state index contributed by atoms with van der Waals surface area (Å²) in [6.45, 7) is 0. The van der Waals surface area contributed by atoms with Gasteiger partial charge in [0, 0.05) is 14.1 Å². The van der Waals surface area contributed by atoms with Crippen molar-refractivity contribution in [3.05, 3.63) is 29.8 Å². The third-order valence-corrected chi connectivity index (χ3v) is 1.88. The lowest BCUT2D eigenvalue weighted by molar-refractivity contribution is -0.136. The molecule has 0 aliphatic heterocycles. The maximum Gasteiger partial charge on any atom is 0.418 e. The molecule has 2 amide bonds. The van der Waals surface area contributed by atoms with E-state index in [9.17, 15) is 18.0 Å². The third kappa shape index (κ3) is 2.88. The summed E-state index contributed by atoms with van der Waals surface area (Å²) in [5.41, 5.74) is -1.10. The molecule has 0 fully saturated rings. The maximum absolute atomic E-state index is 12.5. The number of nitrogens with one attached hydrogen (secondary N) is 1. The normalized spacial score (nSPS) is 11.1. The van der Waals surface area contributed by atoms with E-state index in [1.165, 1.54) is 32.3 Å². The molecule has 1 N–H and O–H groups in total. The van der Waals surface area contributed by atoms with Crippen LogP contribution in [0.5, 0.6) is 0 Å². The number of hydrogen-bond acceptors (Lipinski definition) is 1. The quantitative estimate of drug-likeness (QED) is 0.793. The summed E-state index contributed by atoms with van der Waals surface area (Å²) < 4.78 is 37.6. The van der Waals surface area contributed by atoms with E-state index < -0.39 is 17.8 Å². The Labute approximate surface area is 90.9 Å². The second kappa shape index (κ2) is 4.42. The van der Waals surface area contributed by atoms with Crippen molar-refractivity contribution >= 4 is 11.7 Å². The predicted octanol–water partition coefficient (Wildman–Crippen LogP) is 2.80. The summed E-state index contributed by atoms with van der Waals surface area (Å²) in [5, 5.41) is 2.18. The number of hydrogen-bond donors (Lipinski definition) is 1. The molecule has 0 heterocycles. The molecule has 16 heavy (non-hydrogen) atoms. The van der Waals surface area contributed by atoms with Crippen molar-refractivity contribution in [2.45, 2.75) is 6.18 Å². The van der Waals surface area contributed by atoms with E-state index in [0.29, 0.717) is 0 Å². The van der Waals surface area contributed by atoms with Crippen LogP contribution >= 0.6 is 0 Å². The Balaban J connectivity index is 3.01. The molecule has 0 unspecified atom stereocenters. The summed E-state index contributed by atoms with van der Waals surface area (Å²) in [5.74, 6) is 0. The van der Waals surface area contributed by atoms with Crippen molar-refractivity contribution in [1.29, 1.82) is 0 Å². The number of alkyl halides is 3. The van der Waals surface area contributed by atoms with Gasteiger partial charge in [0.1, 0.15) is 0 Å². The summed E-state index contributed by atoms with van der Waals surface area (Å²) >= 11 is 0. The first kappa shape index (κ1) is 12.4. The SMILES string of the molecule is CN(C)C(=O)Nc1ccccc1C(F)(F)F. The molecule has 0 saturated heterocycles. The number of amides is 2. The number of anilines is 1. The number of carbonyl (C=O) groups excluding carboxylic acids is 1. The van der Waals surface area contributed by atoms with Crippen LogP contribution in [-0.4, -0.2) is 25.0 Å². The van der Waals surface area contributed by atoms with Gasteiger partial charge in [-0.15, -0.1) is 0 Å². The number of benzene rings is 1. The Morgan fingerprint density at radius 1 is 1.25 bits per heavy atom. The van der Waals surface area contributed by atoms with E-state index in [-0.39, 0.29) is 5.69 Å². The monoisotopic (exact) mass is 232 g/mol. The fraction of sp³-hybridized carbons (Fsp3) is 0.300. The number of halogens is 3. The summed E-state index contributed by atoms with van der Waals surface area (Å²) in [6.07, 6.45) is -4.48. The minimum Gasteiger partial charge on any atom is -0.331 e. The molecular formula is C10H11F3N2O. The van der Waals surface area contributed by atoms with Gasteiger partial charge in [0.05, 0.1) is 11.3 Å². The Morgan fingerprint density at radius 3 is 2.31 bits per heavy atom. The number of para-hydroxylation sites is 1. The molecule has 0 atom stereocenters. The smallest absolute Gasteiger partial charge is 0.331 e. The van der Waals surface area contributed by atoms with Gasteiger partial charge in [-0.3, -0.25) is 0 Å². The van der Waals surface area contributed by atoms with Crippen molar-refractivity contribution in [1.82, 2.24) is 4.90 Å². The van der Waals surface area contributed by atoms with Gasteiger partial charge in [-0.2, -0.15) is 13.2 Å². The molecule has 0 bridgehead atoms. The lowest BCUT2D eigenvalue weighted by Gasteiger charge is -2.16. The molecule has 0 radical (unpaired) electrons. The van der Waals surface area contributed by atoms with Crippen molar-refractivity contribution < 1.29 is 18.0 Å². The Kier molecular flexibility index (Phi) is 3.41. The van der Waals surface area contributed by atoms with Gasteiger partial charge < -0.3 is 10.2 Å². The van der Waals surface area contributed by atoms with Crippen molar-refractivity contribution in [3.8, 4) is 0 Å². The lowest BCUT2D eigenvalue weighted by Crippen LogP contribution is -2.28. The molecule has 1 aromatic rings. The summed E-state index contributed by atoms with van der Waals surface area (Å²) in [6, 6.07) is 4.24. The minimum absolute atomic E-state index is 0.242. The van der Waals surface area contributed by atoms with Crippen LogP contribution in [0.3, 0.4) is 0 Å². The van der Waals surface area contributed by atoms with Crippen LogP contribution in [0.25, 0.3) is 0 Å². The molecule has 1 rings (SSSR count). The van der Waals surface area contributed by atoms with Crippen molar-refractivity contribution in [2.75, 3.05) is 19.4 Å². The maximum atomic E-state index is 12.5. The van der Waals surface area contributed by atoms with E-state index in [1.54, 1.807) is 0 Å². The molecule has 0 aromatic heterocycles. The van der Waals surface area contributed by atoms with Crippen LogP contribution in [0.2, 0.25) is 0 Å². The number of rotatable bonds is 1. The number of nitrogens with zero attached hydrogens (tertiary/aromatic N) is 1. The van der Waals surface area contributed by atoms with E-state index in [1.807, 2.05) is 0 Å². The van der Waals surface area contributed by atoms with Crippen molar-refractivity contribution in [3.63, 3.8) is 0 Å². The Bertz CT molecular complexity index is 388. The van der Waals surface area contributed by atoms with Crippen molar-refractivity contribution in [2.24, 2.45) is 0 Å². The minimum atomic E-state index is -4.48. The second-order valence-corrected chi connectivity index (χ2v) is 3.37. The molecule has 6 heteroatoms. The predicted molar refractivity (Wildman–Crippen MR) is 54.1 cm³/mol. The van der Waals surface area contributed by atoms with E-state index >= 15 is 0 Å². The van der Waals surface area contributed by atoms with Crippen LogP contribution in [0.1, 0.15) is 5.56 Å². The average Bonchev–Trinajstić information content (AvgIpc) is 2.16. The van der Waals surface area contributed by atoms with Crippen LogP contribution in [-0.2, 0) is 6.18 Å². The molecule has 1 aromatic carbocycles. The van der Waals surface area contributed by atoms with Gasteiger partial charge in [0.2, 0.25) is 0 Å². The second-order valence-electron chi connectivity index (χ2n) is 3.37. The zero-order chi connectivity index (χ0) is 12.3. The van der Waals surface area contributed by atoms with Gasteiger partial charge in [0.15, 0.2) is 0 Å². The topological polar surface area (TPSA) is 32.3 Å². The molecule has 0 aliphatic rings. The summed E-state index contributed by atoms with van der Waals surface area (Å²) in [7, 11) is 2.90. The third-order valence-electron chi connectivity index (χ3n) is 1.88. The van der Waals surface area contributed by atoms with E-state index in [0.717, 1.165) is 11.0 Å². The Morgan fingerprint density at radius 2 is 1.81 bits per heavy atom. The van der Waals surface area contributed by atoms with Crippen LogP contribution in [0.15, 0.2) is 24.3 Å². The molecule has 0 spiro atoms. The largest absolute Gasteiger partial charge is 0.418 e. The first-order valence-corrected chi connectivity index (χ1v) is 4.47. The number of carbonyl (C=O) groups is 1. The highest BCUT2D eigenvalue weighted by Gasteiger charge is 2.33. The lowest BCUT2D eigenvalue weighted by atomic mass is 10.1. The number of urea groups is 1. The van der Waals surface area contributed by atoms with Crippen LogP contribution in [0, 0.1) is 0 Å². The fourth-order valence-electron chi connectivity index (χ4n) is 1.07. The van der Waals surface area contributed by atoms with E-state index in [2.05, 4.69) is 5.32 Å². The van der Waals surface area contributed by atoms with Crippen LogP contribution < -0.4 is 5.32 Å². The zero-order valence-corrected chi connectivity index (χ0v) is 8.80. The fourth-order valence-corrected chi connectivity index (χ4v) is 1.07. The molecule has 0 saturated carbocycles. The average molecular weight is 232 g/mol. The standard InChI is InChI=1S/C10H11F3N2O/c1-15(2)9(16)14-8-6-4-3-5-7(8)10(11,12)13/h3-6H,1-2H3,(H,14,16). The highest BCUT2D eigenvalue weighted by atomic mass is 19.4. The van der Waals surface area contributed by atoms with Gasteiger partial charge >= 0.3 is 12.2 Å². The van der Waals surface area contributed by atoms with Gasteiger partial charge in [-0.25, -0.2) is 4.79 Å². The van der Waals surface area contributed by atoms with Gasteiger partial charge in [-0.05, 0) is 12.1 Å². The molecule has 88 valence electrons. The van der Waals surface area contributed by atoms with Gasteiger partial charge in [0.25, 0.3) is 0 Å². The zero-order valence-electron chi connectivity index (χ0n) is 8.80. The molecule has 0 aliphatic carbocycles. The molecular weight excluding hydrogens is 221 g/mol. The van der Waals surface area contributed by atoms with Crippen LogP contribution in [0.4, 0.5) is 23.7 Å². The van der Waals surface area contributed by atoms with Gasteiger partial charge in [-0.1, -0.05) is 12.1 Å². The first-order valence-electron chi connectivity index (χ1n) is 4.47. The highest BCUT2D eigenvalue weighted by molar-refractivity contribution is 5.89. The summed E-state index contributed by atoms with van der Waals surface area (Å²) in [4.78, 5) is 12.4. The Hall–Kier alpha value is -1.72. The molecule has 3 nitrogen and oxygen atoms in total. The first-order chi connectivity index (χ1) is 7.32.